The van der Waals surface area contributed by atoms with Crippen molar-refractivity contribution in [1.82, 2.24) is 5.32 Å². The molecule has 3 N–H and O–H groups in total. The van der Waals surface area contributed by atoms with Gasteiger partial charge in [-0.05, 0) is 24.3 Å². The number of benzene rings is 1. The maximum Gasteiger partial charge on any atom is 0.263 e. The lowest BCUT2D eigenvalue weighted by Gasteiger charge is -2.09. The molecule has 0 saturated heterocycles. The number of amides is 1. The molecule has 1 aliphatic carbocycles. The third kappa shape index (κ3) is 1.97. The number of rotatable bonds is 3. The van der Waals surface area contributed by atoms with E-state index in [-0.39, 0.29) is 5.91 Å². The number of hydrogen-bond acceptors (Lipinski definition) is 3. The first-order chi connectivity index (χ1) is 8.59. The van der Waals surface area contributed by atoms with E-state index in [2.05, 4.69) is 12.2 Å². The van der Waals surface area contributed by atoms with Crippen LogP contribution in [0.25, 0.3) is 10.1 Å². The fourth-order valence-electron chi connectivity index (χ4n) is 2.00. The van der Waals surface area contributed by atoms with Gasteiger partial charge in [0.25, 0.3) is 5.91 Å². The van der Waals surface area contributed by atoms with Crippen LogP contribution in [0.5, 0.6) is 0 Å². The van der Waals surface area contributed by atoms with E-state index in [1.54, 1.807) is 0 Å². The second-order valence-electron chi connectivity index (χ2n) is 5.33. The number of fused-ring (bicyclic) bond motifs is 1. The van der Waals surface area contributed by atoms with Crippen LogP contribution in [0.15, 0.2) is 24.3 Å². The Bertz CT molecular complexity index is 613. The minimum atomic E-state index is -0.0400. The molecule has 0 atom stereocenters. The Morgan fingerprint density at radius 1 is 1.44 bits per heavy atom. The van der Waals surface area contributed by atoms with Gasteiger partial charge in [-0.3, -0.25) is 4.79 Å². The Hall–Kier alpha value is -1.55. The number of nitrogens with one attached hydrogen (secondary N) is 1. The summed E-state index contributed by atoms with van der Waals surface area (Å²) in [6.07, 6.45) is 2.41. The third-order valence-corrected chi connectivity index (χ3v) is 4.80. The molecule has 3 rings (SSSR count). The molecule has 18 heavy (non-hydrogen) atoms. The Kier molecular flexibility index (Phi) is 2.55. The maximum atomic E-state index is 12.1. The highest BCUT2D eigenvalue weighted by Gasteiger charge is 2.37. The number of nitrogen functional groups attached to an aromatic ring is 1. The molecule has 2 aromatic rings. The maximum absolute atomic E-state index is 12.1. The Balaban J connectivity index is 1.84. The van der Waals surface area contributed by atoms with Gasteiger partial charge in [0.1, 0.15) is 4.88 Å². The first kappa shape index (κ1) is 11.5. The van der Waals surface area contributed by atoms with Crippen molar-refractivity contribution in [3.8, 4) is 0 Å². The normalized spacial score (nSPS) is 16.7. The SMILES string of the molecule is CC1(CNC(=O)c2sc3ccccc3c2N)CC1. The van der Waals surface area contributed by atoms with E-state index in [9.17, 15) is 4.79 Å². The predicted molar refractivity (Wildman–Crippen MR) is 75.9 cm³/mol. The van der Waals surface area contributed by atoms with Crippen LogP contribution in [0.3, 0.4) is 0 Å². The Morgan fingerprint density at radius 2 is 2.17 bits per heavy atom. The van der Waals surface area contributed by atoms with Gasteiger partial charge in [-0.15, -0.1) is 11.3 Å². The fraction of sp³-hybridized carbons (Fsp3) is 0.357. The van der Waals surface area contributed by atoms with Gasteiger partial charge < -0.3 is 11.1 Å². The first-order valence-corrected chi connectivity index (χ1v) is 6.96. The first-order valence-electron chi connectivity index (χ1n) is 6.14. The molecule has 0 spiro atoms. The zero-order chi connectivity index (χ0) is 12.8. The second-order valence-corrected chi connectivity index (χ2v) is 6.39. The van der Waals surface area contributed by atoms with Gasteiger partial charge in [-0.1, -0.05) is 25.1 Å². The van der Waals surface area contributed by atoms with Crippen molar-refractivity contribution in [1.29, 1.82) is 0 Å². The number of thiophene rings is 1. The lowest BCUT2D eigenvalue weighted by molar-refractivity contribution is 0.0951. The molecular formula is C14H16N2OS. The number of hydrogen-bond donors (Lipinski definition) is 2. The Labute approximate surface area is 110 Å². The summed E-state index contributed by atoms with van der Waals surface area (Å²) in [6, 6.07) is 7.86. The van der Waals surface area contributed by atoms with Gasteiger partial charge in [-0.2, -0.15) is 0 Å². The second kappa shape index (κ2) is 3.99. The average molecular weight is 260 g/mol. The predicted octanol–water partition coefficient (Wildman–Crippen LogP) is 3.01. The molecule has 1 aromatic heterocycles. The molecule has 1 saturated carbocycles. The molecule has 3 nitrogen and oxygen atoms in total. The van der Waals surface area contributed by atoms with Crippen LogP contribution in [0.2, 0.25) is 0 Å². The third-order valence-electron chi connectivity index (χ3n) is 3.62. The fourth-order valence-corrected chi connectivity index (χ4v) is 3.04. The molecule has 1 fully saturated rings. The van der Waals surface area contributed by atoms with Crippen LogP contribution in [0.4, 0.5) is 5.69 Å². The van der Waals surface area contributed by atoms with Gasteiger partial charge in [-0.25, -0.2) is 0 Å². The number of anilines is 1. The largest absolute Gasteiger partial charge is 0.397 e. The van der Waals surface area contributed by atoms with Crippen molar-refractivity contribution < 1.29 is 4.79 Å². The smallest absolute Gasteiger partial charge is 0.263 e. The van der Waals surface area contributed by atoms with E-state index < -0.39 is 0 Å². The molecule has 1 amide bonds. The summed E-state index contributed by atoms with van der Waals surface area (Å²) in [5.41, 5.74) is 6.97. The van der Waals surface area contributed by atoms with Crippen molar-refractivity contribution >= 4 is 33.0 Å². The van der Waals surface area contributed by atoms with Crippen molar-refractivity contribution in [2.24, 2.45) is 5.41 Å². The van der Waals surface area contributed by atoms with Gasteiger partial charge in [0.15, 0.2) is 0 Å². The van der Waals surface area contributed by atoms with E-state index in [0.717, 1.165) is 16.6 Å². The van der Waals surface area contributed by atoms with Crippen molar-refractivity contribution in [2.45, 2.75) is 19.8 Å². The molecule has 1 heterocycles. The van der Waals surface area contributed by atoms with E-state index in [1.807, 2.05) is 24.3 Å². The van der Waals surface area contributed by atoms with Crippen molar-refractivity contribution in [2.75, 3.05) is 12.3 Å². The zero-order valence-electron chi connectivity index (χ0n) is 10.3. The molecule has 0 bridgehead atoms. The van der Waals surface area contributed by atoms with Crippen LogP contribution in [-0.2, 0) is 0 Å². The van der Waals surface area contributed by atoms with Crippen LogP contribution in [0, 0.1) is 5.41 Å². The highest BCUT2D eigenvalue weighted by atomic mass is 32.1. The van der Waals surface area contributed by atoms with Crippen molar-refractivity contribution in [3.63, 3.8) is 0 Å². The zero-order valence-corrected chi connectivity index (χ0v) is 11.1. The average Bonchev–Trinajstić information content (AvgIpc) is 3.02. The highest BCUT2D eigenvalue weighted by Crippen LogP contribution is 2.44. The molecule has 0 unspecified atom stereocenters. The van der Waals surface area contributed by atoms with Gasteiger partial charge in [0, 0.05) is 16.6 Å². The van der Waals surface area contributed by atoms with Gasteiger partial charge >= 0.3 is 0 Å². The number of carbonyl (C=O) groups is 1. The molecule has 1 aliphatic rings. The minimum absolute atomic E-state index is 0.0400. The summed E-state index contributed by atoms with van der Waals surface area (Å²) < 4.78 is 1.07. The summed E-state index contributed by atoms with van der Waals surface area (Å²) >= 11 is 1.47. The summed E-state index contributed by atoms with van der Waals surface area (Å²) in [6.45, 7) is 2.95. The van der Waals surface area contributed by atoms with E-state index in [1.165, 1.54) is 24.2 Å². The van der Waals surface area contributed by atoms with E-state index in [4.69, 9.17) is 5.73 Å². The lowest BCUT2D eigenvalue weighted by Crippen LogP contribution is -2.28. The summed E-state index contributed by atoms with van der Waals surface area (Å²) in [4.78, 5) is 12.8. The van der Waals surface area contributed by atoms with E-state index in [0.29, 0.717) is 16.0 Å². The molecule has 1 aromatic carbocycles. The molecular weight excluding hydrogens is 244 g/mol. The van der Waals surface area contributed by atoms with Crippen LogP contribution in [-0.4, -0.2) is 12.5 Å². The standard InChI is InChI=1S/C14H16N2OS/c1-14(6-7-14)8-16-13(17)12-11(15)9-4-2-3-5-10(9)18-12/h2-5H,6-8,15H2,1H3,(H,16,17). The molecule has 4 heteroatoms. The van der Waals surface area contributed by atoms with Crippen LogP contribution in [0.1, 0.15) is 29.4 Å². The van der Waals surface area contributed by atoms with Gasteiger partial charge in [0.2, 0.25) is 0 Å². The summed E-state index contributed by atoms with van der Waals surface area (Å²) in [5.74, 6) is -0.0400. The number of carbonyl (C=O) groups excluding carboxylic acids is 1. The highest BCUT2D eigenvalue weighted by molar-refractivity contribution is 7.21. The Morgan fingerprint density at radius 3 is 2.83 bits per heavy atom. The topological polar surface area (TPSA) is 55.1 Å². The number of nitrogens with two attached hydrogens (primary N) is 1. The molecule has 94 valence electrons. The minimum Gasteiger partial charge on any atom is -0.397 e. The lowest BCUT2D eigenvalue weighted by atomic mass is 10.1. The quantitative estimate of drug-likeness (QED) is 0.891. The van der Waals surface area contributed by atoms with Gasteiger partial charge in [0.05, 0.1) is 5.69 Å². The summed E-state index contributed by atoms with van der Waals surface area (Å²) in [5, 5.41) is 3.97. The van der Waals surface area contributed by atoms with Crippen LogP contribution < -0.4 is 11.1 Å². The van der Waals surface area contributed by atoms with E-state index >= 15 is 0 Å². The monoisotopic (exact) mass is 260 g/mol. The van der Waals surface area contributed by atoms with Crippen molar-refractivity contribution in [3.05, 3.63) is 29.1 Å². The summed E-state index contributed by atoms with van der Waals surface area (Å²) in [7, 11) is 0. The molecule has 0 aliphatic heterocycles. The molecule has 0 radical (unpaired) electrons. The van der Waals surface area contributed by atoms with Crippen LogP contribution >= 0.6 is 11.3 Å².